The van der Waals surface area contributed by atoms with Crippen molar-refractivity contribution in [3.8, 4) is 78.4 Å². The third-order valence-electron chi connectivity index (χ3n) is 27.2. The van der Waals surface area contributed by atoms with Gasteiger partial charge in [0.05, 0.1) is 57.8 Å². The van der Waals surface area contributed by atoms with Gasteiger partial charge in [-0.05, 0) is 228 Å². The Kier molecular flexibility index (Phi) is 21.7. The van der Waals surface area contributed by atoms with E-state index in [0.29, 0.717) is 5.69 Å². The molecule has 0 saturated carbocycles. The maximum Gasteiger partial charge on any atom is 0.0629 e. The summed E-state index contributed by atoms with van der Waals surface area (Å²) in [6, 6.07) is 113. The molecule has 0 N–H and O–H groups in total. The molecule has 4 aromatic heterocycles. The van der Waals surface area contributed by atoms with Gasteiger partial charge in [-0.2, -0.15) is 0 Å². The average Bonchev–Trinajstić information content (AvgIpc) is 1.47. The summed E-state index contributed by atoms with van der Waals surface area (Å²) in [4.78, 5) is 0. The first-order chi connectivity index (χ1) is 69.7. The van der Waals surface area contributed by atoms with Gasteiger partial charge < -0.3 is 18.3 Å². The van der Waals surface area contributed by atoms with Gasteiger partial charge in [0.25, 0.3) is 0 Å². The van der Waals surface area contributed by atoms with Crippen LogP contribution in [0.1, 0.15) is 224 Å². The molecule has 0 amide bonds. The summed E-state index contributed by atoms with van der Waals surface area (Å²) < 4.78 is 93.8. The van der Waals surface area contributed by atoms with E-state index in [2.05, 4.69) is 453 Å². The van der Waals surface area contributed by atoms with Gasteiger partial charge in [-0.1, -0.05) is 469 Å². The number of rotatable bonds is 9. The van der Waals surface area contributed by atoms with E-state index < -0.39 is 60.4 Å². The fraction of sp³-hybridized carbons (Fsp3) is 0.239. The third kappa shape index (κ3) is 18.7. The lowest BCUT2D eigenvalue weighted by Gasteiger charge is -2.27. The quantitative estimate of drug-likeness (QED) is 0.137. The van der Waals surface area contributed by atoms with Gasteiger partial charge in [0.1, 0.15) is 0 Å². The summed E-state index contributed by atoms with van der Waals surface area (Å²) >= 11 is 0. The zero-order chi connectivity index (χ0) is 106. The molecule has 0 aliphatic carbocycles. The molecule has 4 nitrogen and oxygen atoms in total. The van der Waals surface area contributed by atoms with Crippen LogP contribution in [0.15, 0.2) is 388 Å². The fourth-order valence-corrected chi connectivity index (χ4v) is 20.0. The molecule has 0 unspecified atom stereocenters. The van der Waals surface area contributed by atoms with Crippen molar-refractivity contribution in [3.05, 3.63) is 433 Å². The van der Waals surface area contributed by atoms with E-state index in [9.17, 15) is 0 Å². The number of hydrogen-bond donors (Lipinski definition) is 0. The highest BCUT2D eigenvalue weighted by atomic mass is 15.0. The van der Waals surface area contributed by atoms with E-state index in [1.165, 1.54) is 161 Å². The maximum atomic E-state index is 8.71. The summed E-state index contributed by atoms with van der Waals surface area (Å²) in [5.41, 5.74) is 32.5. The van der Waals surface area contributed by atoms with Crippen molar-refractivity contribution in [2.24, 2.45) is 0 Å². The Balaban J connectivity index is 0.000000130. The SMILES string of the molecule is CC(C)(C)c1cc(-n2c3ccccc3c3cccc(C(C)(C)C)c32)cc(C(C)(C)C)c1.CC(C)(C)c1ccc(C(C)(C)C)c(-c2ccc(-n3c4ccccc4c4cccc(C(C)(C)C)c43)cc2)c1.CC(C)(C)c1cccc2c3ccccc3n(-c3cc(-c4ccccc4)cc(-c4ccccc4)c3)c12.[2H]c1c([2H])c([2H])c(-c2cc(-c3c([2H])c([2H])c([2H])c([2H])c3[2H])cc(-n3c4ccccc4c4cccc(C(C)(C)C)c43)c2)c([2H])c1[2H]. The molecule has 4 heteroatoms. The molecule has 0 aliphatic rings. The minimum atomic E-state index is -0.520. The van der Waals surface area contributed by atoms with Crippen LogP contribution >= 0.6 is 0 Å². The van der Waals surface area contributed by atoms with E-state index >= 15 is 0 Å². The molecule has 0 aliphatic heterocycles. The number of hydrogen-bond acceptors (Lipinski definition) is 0. The summed E-state index contributed by atoms with van der Waals surface area (Å²) in [5.74, 6) is 0. The summed E-state index contributed by atoms with van der Waals surface area (Å²) in [7, 11) is 0. The Bertz CT molecular complexity index is 8510. The van der Waals surface area contributed by atoms with E-state index in [0.717, 1.165) is 27.4 Å². The number of aromatic nitrogens is 4. The first kappa shape index (κ1) is 82.2. The zero-order valence-corrected chi connectivity index (χ0v) is 85.0. The summed E-state index contributed by atoms with van der Waals surface area (Å²) in [5, 5.41) is 9.86. The van der Waals surface area contributed by atoms with Gasteiger partial charge in [-0.25, -0.2) is 0 Å². The van der Waals surface area contributed by atoms with Gasteiger partial charge in [-0.15, -0.1) is 0 Å². The average molecular weight is 1810 g/mol. The van der Waals surface area contributed by atoms with Crippen LogP contribution < -0.4 is 0 Å². The number of fused-ring (bicyclic) bond motifs is 12. The molecular formula is C134H136N4. The summed E-state index contributed by atoms with van der Waals surface area (Å²) in [6.07, 6.45) is 0. The van der Waals surface area contributed by atoms with E-state index in [4.69, 9.17) is 13.7 Å². The fourth-order valence-electron chi connectivity index (χ4n) is 20.0. The molecular weight excluding hydrogens is 1670 g/mol. The van der Waals surface area contributed by atoms with Gasteiger partial charge >= 0.3 is 0 Å². The first-order valence-corrected chi connectivity index (χ1v) is 48.8. The Morgan fingerprint density at radius 1 is 0.167 bits per heavy atom. The molecule has 0 spiro atoms. The van der Waals surface area contributed by atoms with Crippen LogP contribution in [0.4, 0.5) is 0 Å². The molecule has 138 heavy (non-hydrogen) atoms. The zero-order valence-electron chi connectivity index (χ0n) is 95.0. The Labute approximate surface area is 834 Å². The Hall–Kier alpha value is -14.1. The minimum Gasteiger partial charge on any atom is -0.309 e. The Morgan fingerprint density at radius 2 is 0.435 bits per heavy atom. The van der Waals surface area contributed by atoms with Crippen molar-refractivity contribution in [2.75, 3.05) is 0 Å². The molecule has 21 aromatic rings. The molecule has 17 aromatic carbocycles. The van der Waals surface area contributed by atoms with E-state index in [-0.39, 0.29) is 65.6 Å². The molecule has 21 rings (SSSR count). The predicted molar refractivity (Wildman–Crippen MR) is 600 cm³/mol. The molecule has 0 bridgehead atoms. The first-order valence-electron chi connectivity index (χ1n) is 53.8. The third-order valence-corrected chi connectivity index (χ3v) is 27.2. The predicted octanol–water partition coefficient (Wildman–Crippen LogP) is 37.8. The van der Waals surface area contributed by atoms with Crippen LogP contribution in [0.5, 0.6) is 0 Å². The lowest BCUT2D eigenvalue weighted by molar-refractivity contribution is 0.567. The normalized spacial score (nSPS) is 13.5. The number of nitrogens with zero attached hydrogens (tertiary/aromatic N) is 4. The smallest absolute Gasteiger partial charge is 0.0629 e. The Morgan fingerprint density at radius 3 is 0.732 bits per heavy atom. The maximum absolute atomic E-state index is 8.71. The van der Waals surface area contributed by atoms with E-state index in [1.807, 2.05) is 41.0 Å². The van der Waals surface area contributed by atoms with Crippen molar-refractivity contribution in [1.29, 1.82) is 0 Å². The largest absolute Gasteiger partial charge is 0.309 e. The number of benzene rings is 17. The second-order valence-electron chi connectivity index (χ2n) is 45.6. The molecule has 0 fully saturated rings. The molecule has 692 valence electrons. The van der Waals surface area contributed by atoms with Crippen LogP contribution in [-0.4, -0.2) is 18.3 Å². The second kappa shape index (κ2) is 36.5. The monoisotopic (exact) mass is 1810 g/mol. The standard InChI is InChI=1S/C36H41N.2C34H29N.C30H37N/c1-34(2,3)25-19-22-30(35(4,5)6)29(23-25)24-17-20-26(21-18-24)37-32-16-11-10-13-27(32)28-14-12-15-31(33(28)37)36(7,8)9;2*1-34(2,3)31-19-12-18-30-29-17-10-11-20-32(29)35(33(30)31)28-22-26(24-13-6-4-7-14-24)21-27(23-28)25-15-8-5-9-16-25;1-28(2,3)20-17-21(29(4,5)6)19-22(18-20)31-26-16-11-10-13-23(26)24-14-12-15-25(27(24)31)30(7,8)9/h10-23H,1-9H3;2*4-23H,1-3H3;10-19H,1-9H3/i;4D,5D,6D,7D,8D,9D,13D,14D,15D,16D;;. The van der Waals surface area contributed by atoms with Crippen molar-refractivity contribution in [3.63, 3.8) is 0 Å². The molecule has 0 saturated heterocycles. The molecule has 0 atom stereocenters. The lowest BCUT2D eigenvalue weighted by atomic mass is 9.78. The van der Waals surface area contributed by atoms with Crippen LogP contribution in [0.25, 0.3) is 166 Å². The molecule has 0 radical (unpaired) electrons. The van der Waals surface area contributed by atoms with Gasteiger partial charge in [0.15, 0.2) is 0 Å². The summed E-state index contributed by atoms with van der Waals surface area (Å²) in [6.45, 7) is 54.8. The second-order valence-corrected chi connectivity index (χ2v) is 45.6. The van der Waals surface area contributed by atoms with Gasteiger partial charge in [0.2, 0.25) is 0 Å². The van der Waals surface area contributed by atoms with Crippen molar-refractivity contribution in [1.82, 2.24) is 18.3 Å². The molecule has 4 heterocycles. The highest BCUT2D eigenvalue weighted by Crippen LogP contribution is 2.48. The minimum absolute atomic E-state index is 0.0188. The van der Waals surface area contributed by atoms with Crippen LogP contribution in [0, 0.1) is 0 Å². The highest BCUT2D eigenvalue weighted by molar-refractivity contribution is 6.14. The van der Waals surface area contributed by atoms with Crippen molar-refractivity contribution < 1.29 is 13.7 Å². The topological polar surface area (TPSA) is 19.7 Å². The van der Waals surface area contributed by atoms with Crippen molar-refractivity contribution in [2.45, 2.75) is 209 Å². The highest BCUT2D eigenvalue weighted by Gasteiger charge is 2.31. The van der Waals surface area contributed by atoms with Gasteiger partial charge in [-0.3, -0.25) is 0 Å². The van der Waals surface area contributed by atoms with Gasteiger partial charge in [0, 0.05) is 65.8 Å². The van der Waals surface area contributed by atoms with Crippen LogP contribution in [-0.2, 0) is 43.3 Å². The van der Waals surface area contributed by atoms with E-state index in [1.54, 1.807) is 12.1 Å². The van der Waals surface area contributed by atoms with Crippen molar-refractivity contribution >= 4 is 87.2 Å². The lowest BCUT2D eigenvalue weighted by Crippen LogP contribution is -2.18. The number of para-hydroxylation sites is 8. The van der Waals surface area contributed by atoms with Crippen LogP contribution in [0.2, 0.25) is 0 Å². The van der Waals surface area contributed by atoms with Crippen LogP contribution in [0.3, 0.4) is 0 Å².